The molecule has 0 spiro atoms. The Bertz CT molecular complexity index is 623. The standard InChI is InChI=1S/C22H33N3O3/c26-21-17-19-9-4-6-13-24(19)15-8-16-25(14-7-5-12-23-21)22(27)18-28-20-10-2-1-3-11-20/h1-3,10-11,19H,4-9,12-18H2,(H,23,26). The van der Waals surface area contributed by atoms with Gasteiger partial charge in [0.2, 0.25) is 5.91 Å². The van der Waals surface area contributed by atoms with Crippen molar-refractivity contribution in [1.82, 2.24) is 15.1 Å². The number of amides is 2. The van der Waals surface area contributed by atoms with Crippen molar-refractivity contribution in [2.24, 2.45) is 0 Å². The molecule has 6 nitrogen and oxygen atoms in total. The fraction of sp³-hybridized carbons (Fsp3) is 0.636. The van der Waals surface area contributed by atoms with Crippen LogP contribution in [-0.4, -0.2) is 67.0 Å². The van der Waals surface area contributed by atoms with Gasteiger partial charge in [0.15, 0.2) is 6.61 Å². The molecule has 28 heavy (non-hydrogen) atoms. The first-order valence-electron chi connectivity index (χ1n) is 10.7. The van der Waals surface area contributed by atoms with E-state index in [1.165, 1.54) is 12.8 Å². The minimum Gasteiger partial charge on any atom is -0.484 e. The molecule has 1 atom stereocenters. The number of hydrogen-bond donors (Lipinski definition) is 1. The fourth-order valence-electron chi connectivity index (χ4n) is 4.11. The molecule has 2 fully saturated rings. The predicted octanol–water partition coefficient (Wildman–Crippen LogP) is 2.44. The number of carbonyl (C=O) groups excluding carboxylic acids is 2. The lowest BCUT2D eigenvalue weighted by molar-refractivity contribution is -0.133. The predicted molar refractivity (Wildman–Crippen MR) is 109 cm³/mol. The van der Waals surface area contributed by atoms with Crippen LogP contribution in [0.5, 0.6) is 5.75 Å². The van der Waals surface area contributed by atoms with Gasteiger partial charge >= 0.3 is 0 Å². The Labute approximate surface area is 168 Å². The maximum absolute atomic E-state index is 12.7. The van der Waals surface area contributed by atoms with Crippen LogP contribution >= 0.6 is 0 Å². The van der Waals surface area contributed by atoms with Crippen LogP contribution in [0.2, 0.25) is 0 Å². The van der Waals surface area contributed by atoms with Crippen molar-refractivity contribution in [2.45, 2.75) is 51.0 Å². The Kier molecular flexibility index (Phi) is 8.15. The van der Waals surface area contributed by atoms with Gasteiger partial charge in [0.05, 0.1) is 0 Å². The number of rotatable bonds is 3. The van der Waals surface area contributed by atoms with Crippen molar-refractivity contribution in [2.75, 3.05) is 39.3 Å². The van der Waals surface area contributed by atoms with Crippen LogP contribution in [0.4, 0.5) is 0 Å². The number of carbonyl (C=O) groups is 2. The van der Waals surface area contributed by atoms with Crippen molar-refractivity contribution in [3.63, 3.8) is 0 Å². The highest BCUT2D eigenvalue weighted by Gasteiger charge is 2.25. The largest absolute Gasteiger partial charge is 0.484 e. The first kappa shape index (κ1) is 20.6. The molecule has 2 aliphatic heterocycles. The summed E-state index contributed by atoms with van der Waals surface area (Å²) in [6.07, 6.45) is 6.83. The van der Waals surface area contributed by atoms with Crippen LogP contribution in [0.25, 0.3) is 0 Å². The molecule has 0 aromatic heterocycles. The molecule has 0 bridgehead atoms. The molecule has 3 rings (SSSR count). The normalized spacial score (nSPS) is 22.8. The first-order chi connectivity index (χ1) is 13.7. The lowest BCUT2D eigenvalue weighted by Gasteiger charge is -2.35. The third-order valence-corrected chi connectivity index (χ3v) is 5.68. The van der Waals surface area contributed by atoms with Crippen LogP contribution in [0.3, 0.4) is 0 Å². The van der Waals surface area contributed by atoms with E-state index < -0.39 is 0 Å². The van der Waals surface area contributed by atoms with Crippen molar-refractivity contribution >= 4 is 11.8 Å². The smallest absolute Gasteiger partial charge is 0.260 e. The van der Waals surface area contributed by atoms with Crippen molar-refractivity contribution in [3.05, 3.63) is 30.3 Å². The van der Waals surface area contributed by atoms with Crippen LogP contribution in [0.1, 0.15) is 44.9 Å². The van der Waals surface area contributed by atoms with Crippen LogP contribution in [-0.2, 0) is 9.59 Å². The highest BCUT2D eigenvalue weighted by molar-refractivity contribution is 5.78. The SMILES string of the molecule is O=C1CC2CCCCN2CCCN(C(=O)COc2ccccc2)CCCCN1. The van der Waals surface area contributed by atoms with E-state index in [0.717, 1.165) is 57.6 Å². The van der Waals surface area contributed by atoms with Gasteiger partial charge < -0.3 is 15.0 Å². The molecule has 154 valence electrons. The second kappa shape index (κ2) is 11.1. The maximum atomic E-state index is 12.7. The van der Waals surface area contributed by atoms with Gasteiger partial charge in [-0.2, -0.15) is 0 Å². The molecule has 1 aromatic rings. The molecule has 2 aliphatic rings. The minimum atomic E-state index is 0.0398. The second-order valence-electron chi connectivity index (χ2n) is 7.78. The number of nitrogens with zero attached hydrogens (tertiary/aromatic N) is 2. The molecule has 0 aliphatic carbocycles. The molecule has 0 saturated carbocycles. The van der Waals surface area contributed by atoms with Gasteiger partial charge in [-0.1, -0.05) is 24.6 Å². The molecule has 6 heteroatoms. The van der Waals surface area contributed by atoms with Gasteiger partial charge in [0.1, 0.15) is 5.75 Å². The molecule has 2 heterocycles. The van der Waals surface area contributed by atoms with E-state index in [4.69, 9.17) is 4.74 Å². The summed E-state index contributed by atoms with van der Waals surface area (Å²) in [5.74, 6) is 0.929. The highest BCUT2D eigenvalue weighted by atomic mass is 16.5. The Morgan fingerprint density at radius 3 is 2.61 bits per heavy atom. The monoisotopic (exact) mass is 387 g/mol. The van der Waals surface area contributed by atoms with Gasteiger partial charge in [-0.05, 0) is 50.8 Å². The average Bonchev–Trinajstić information content (AvgIpc) is 2.73. The number of nitrogens with one attached hydrogen (secondary N) is 1. The number of benzene rings is 1. The fourth-order valence-corrected chi connectivity index (χ4v) is 4.11. The summed E-state index contributed by atoms with van der Waals surface area (Å²) in [4.78, 5) is 29.3. The minimum absolute atomic E-state index is 0.0398. The van der Waals surface area contributed by atoms with Crippen LogP contribution in [0.15, 0.2) is 30.3 Å². The molecular formula is C22H33N3O3. The zero-order chi connectivity index (χ0) is 19.6. The van der Waals surface area contributed by atoms with Crippen LogP contribution < -0.4 is 10.1 Å². The van der Waals surface area contributed by atoms with E-state index in [0.29, 0.717) is 19.0 Å². The summed E-state index contributed by atoms with van der Waals surface area (Å²) < 4.78 is 5.66. The van der Waals surface area contributed by atoms with Gasteiger partial charge in [-0.3, -0.25) is 14.5 Å². The third kappa shape index (κ3) is 6.51. The number of piperidine rings is 1. The molecule has 2 saturated heterocycles. The zero-order valence-electron chi connectivity index (χ0n) is 16.8. The summed E-state index contributed by atoms with van der Waals surface area (Å²) in [6, 6.07) is 9.82. The Hall–Kier alpha value is -2.08. The van der Waals surface area contributed by atoms with E-state index in [-0.39, 0.29) is 18.4 Å². The third-order valence-electron chi connectivity index (χ3n) is 5.68. The summed E-state index contributed by atoms with van der Waals surface area (Å²) in [5.41, 5.74) is 0. The molecule has 1 N–H and O–H groups in total. The van der Waals surface area contributed by atoms with E-state index in [9.17, 15) is 9.59 Å². The molecule has 2 amide bonds. The second-order valence-corrected chi connectivity index (χ2v) is 7.78. The number of para-hydroxylation sites is 1. The topological polar surface area (TPSA) is 61.9 Å². The van der Waals surface area contributed by atoms with Gasteiger partial charge in [0.25, 0.3) is 5.91 Å². The lowest BCUT2D eigenvalue weighted by Crippen LogP contribution is -2.44. The molecular weight excluding hydrogens is 354 g/mol. The lowest BCUT2D eigenvalue weighted by atomic mass is 9.98. The average molecular weight is 388 g/mol. The summed E-state index contributed by atoms with van der Waals surface area (Å²) in [7, 11) is 0. The Morgan fingerprint density at radius 1 is 1.00 bits per heavy atom. The number of hydrogen-bond acceptors (Lipinski definition) is 4. The maximum Gasteiger partial charge on any atom is 0.260 e. The van der Waals surface area contributed by atoms with E-state index in [1.807, 2.05) is 35.2 Å². The summed E-state index contributed by atoms with van der Waals surface area (Å²) >= 11 is 0. The number of ether oxygens (including phenoxy) is 1. The van der Waals surface area contributed by atoms with Gasteiger partial charge in [-0.15, -0.1) is 0 Å². The van der Waals surface area contributed by atoms with E-state index >= 15 is 0 Å². The first-order valence-corrected chi connectivity index (χ1v) is 10.7. The molecule has 1 aromatic carbocycles. The zero-order valence-corrected chi connectivity index (χ0v) is 16.8. The molecule has 1 unspecified atom stereocenters. The van der Waals surface area contributed by atoms with Gasteiger partial charge in [-0.25, -0.2) is 0 Å². The van der Waals surface area contributed by atoms with Crippen molar-refractivity contribution in [3.8, 4) is 5.75 Å². The van der Waals surface area contributed by atoms with Gasteiger partial charge in [0, 0.05) is 38.6 Å². The van der Waals surface area contributed by atoms with E-state index in [1.54, 1.807) is 0 Å². The molecule has 0 radical (unpaired) electrons. The quantitative estimate of drug-likeness (QED) is 0.865. The highest BCUT2D eigenvalue weighted by Crippen LogP contribution is 2.20. The number of fused-ring (bicyclic) bond motifs is 1. The van der Waals surface area contributed by atoms with Crippen LogP contribution in [0, 0.1) is 0 Å². The Morgan fingerprint density at radius 2 is 1.75 bits per heavy atom. The van der Waals surface area contributed by atoms with Crippen molar-refractivity contribution < 1.29 is 14.3 Å². The van der Waals surface area contributed by atoms with Crippen molar-refractivity contribution in [1.29, 1.82) is 0 Å². The Balaban J connectivity index is 1.55. The van der Waals surface area contributed by atoms with E-state index in [2.05, 4.69) is 10.2 Å². The summed E-state index contributed by atoms with van der Waals surface area (Å²) in [6.45, 7) is 4.24. The summed E-state index contributed by atoms with van der Waals surface area (Å²) in [5, 5.41) is 3.05.